The largest absolute Gasteiger partial charge is 0.355 e. The third kappa shape index (κ3) is 7.34. The first-order valence-electron chi connectivity index (χ1n) is 8.37. The van der Waals surface area contributed by atoms with Crippen LogP contribution in [0.25, 0.3) is 0 Å². The number of para-hydroxylation sites is 1. The highest BCUT2D eigenvalue weighted by molar-refractivity contribution is 5.93. The lowest BCUT2D eigenvalue weighted by atomic mass is 9.93. The standard InChI is InChI=1S/C18H27N3O4/c1-13(2)11-14(12-16(22)20-25)18(24)19-10-9-17(23)21(3)15-7-5-4-6-8-15/h4-8,13-14,25H,9-12H2,1-3H3,(H,19,24)(H,20,22)/t14-/m1/s1. The van der Waals surface area contributed by atoms with Gasteiger partial charge in [0.2, 0.25) is 17.7 Å². The van der Waals surface area contributed by atoms with Gasteiger partial charge in [0.1, 0.15) is 0 Å². The molecule has 0 spiro atoms. The highest BCUT2D eigenvalue weighted by Crippen LogP contribution is 2.16. The Morgan fingerprint density at radius 1 is 1.16 bits per heavy atom. The summed E-state index contributed by atoms with van der Waals surface area (Å²) in [6, 6.07) is 9.25. The molecule has 0 fully saturated rings. The molecule has 0 heterocycles. The van der Waals surface area contributed by atoms with Gasteiger partial charge in [-0.2, -0.15) is 0 Å². The predicted octanol–water partition coefficient (Wildman–Crippen LogP) is 1.71. The average Bonchev–Trinajstić information content (AvgIpc) is 2.60. The number of anilines is 1. The van der Waals surface area contributed by atoms with Crippen LogP contribution in [0.2, 0.25) is 0 Å². The van der Waals surface area contributed by atoms with Crippen LogP contribution in [0.15, 0.2) is 30.3 Å². The van der Waals surface area contributed by atoms with E-state index in [0.29, 0.717) is 6.42 Å². The number of carbonyl (C=O) groups is 3. The molecule has 138 valence electrons. The maximum atomic E-state index is 12.3. The maximum absolute atomic E-state index is 12.3. The van der Waals surface area contributed by atoms with E-state index in [1.807, 2.05) is 44.2 Å². The van der Waals surface area contributed by atoms with Crippen molar-refractivity contribution in [2.24, 2.45) is 11.8 Å². The van der Waals surface area contributed by atoms with Crippen molar-refractivity contribution in [2.45, 2.75) is 33.1 Å². The van der Waals surface area contributed by atoms with Crippen molar-refractivity contribution in [1.29, 1.82) is 0 Å². The lowest BCUT2D eigenvalue weighted by Gasteiger charge is -2.19. The molecule has 0 unspecified atom stereocenters. The van der Waals surface area contributed by atoms with Crippen molar-refractivity contribution in [3.63, 3.8) is 0 Å². The van der Waals surface area contributed by atoms with Gasteiger partial charge in [-0.1, -0.05) is 32.0 Å². The Hall–Kier alpha value is -2.41. The first-order chi connectivity index (χ1) is 11.8. The minimum Gasteiger partial charge on any atom is -0.355 e. The van der Waals surface area contributed by atoms with E-state index in [1.54, 1.807) is 12.5 Å². The van der Waals surface area contributed by atoms with Gasteiger partial charge in [-0.15, -0.1) is 0 Å². The fourth-order valence-corrected chi connectivity index (χ4v) is 2.52. The molecule has 0 radical (unpaired) electrons. The lowest BCUT2D eigenvalue weighted by Crippen LogP contribution is -2.37. The van der Waals surface area contributed by atoms with E-state index in [1.165, 1.54) is 4.90 Å². The molecule has 0 aliphatic heterocycles. The number of hydrogen-bond acceptors (Lipinski definition) is 4. The molecule has 1 rings (SSSR count). The molecule has 1 aromatic carbocycles. The van der Waals surface area contributed by atoms with Gasteiger partial charge >= 0.3 is 0 Å². The second-order valence-electron chi connectivity index (χ2n) is 6.39. The summed E-state index contributed by atoms with van der Waals surface area (Å²) in [4.78, 5) is 37.3. The zero-order chi connectivity index (χ0) is 18.8. The van der Waals surface area contributed by atoms with Gasteiger partial charge in [0.05, 0.1) is 0 Å². The van der Waals surface area contributed by atoms with Crippen LogP contribution in [0.1, 0.15) is 33.1 Å². The van der Waals surface area contributed by atoms with Crippen molar-refractivity contribution < 1.29 is 19.6 Å². The number of hydroxylamine groups is 1. The van der Waals surface area contributed by atoms with Crippen LogP contribution >= 0.6 is 0 Å². The summed E-state index contributed by atoms with van der Waals surface area (Å²) in [7, 11) is 1.69. The van der Waals surface area contributed by atoms with Crippen LogP contribution in [0, 0.1) is 11.8 Å². The number of amides is 3. The number of carbonyl (C=O) groups excluding carboxylic acids is 3. The van der Waals surface area contributed by atoms with Gasteiger partial charge in [0.15, 0.2) is 0 Å². The number of hydrogen-bond donors (Lipinski definition) is 3. The van der Waals surface area contributed by atoms with Crippen molar-refractivity contribution in [1.82, 2.24) is 10.8 Å². The quantitative estimate of drug-likeness (QED) is 0.467. The van der Waals surface area contributed by atoms with E-state index in [2.05, 4.69) is 5.32 Å². The first-order valence-corrected chi connectivity index (χ1v) is 8.37. The molecular formula is C18H27N3O4. The van der Waals surface area contributed by atoms with E-state index in [-0.39, 0.29) is 37.1 Å². The molecule has 1 aromatic rings. The first kappa shape index (κ1) is 20.6. The topological polar surface area (TPSA) is 98.7 Å². The Labute approximate surface area is 148 Å². The highest BCUT2D eigenvalue weighted by Gasteiger charge is 2.23. The van der Waals surface area contributed by atoms with Crippen molar-refractivity contribution in [3.05, 3.63) is 30.3 Å². The Bertz CT molecular complexity index is 575. The highest BCUT2D eigenvalue weighted by atomic mass is 16.5. The molecule has 0 aromatic heterocycles. The monoisotopic (exact) mass is 349 g/mol. The third-order valence-corrected chi connectivity index (χ3v) is 3.84. The lowest BCUT2D eigenvalue weighted by molar-refractivity contribution is -0.135. The minimum atomic E-state index is -0.597. The van der Waals surface area contributed by atoms with Gasteiger partial charge < -0.3 is 10.2 Å². The summed E-state index contributed by atoms with van der Waals surface area (Å²) in [6.07, 6.45) is 0.604. The fourth-order valence-electron chi connectivity index (χ4n) is 2.52. The molecule has 0 saturated heterocycles. The minimum absolute atomic E-state index is 0.0849. The summed E-state index contributed by atoms with van der Waals surface area (Å²) in [5.74, 6) is -1.30. The molecule has 1 atom stereocenters. The maximum Gasteiger partial charge on any atom is 0.244 e. The Balaban J connectivity index is 2.50. The molecule has 7 heteroatoms. The van der Waals surface area contributed by atoms with Crippen LogP contribution in [-0.4, -0.2) is 36.5 Å². The van der Waals surface area contributed by atoms with Gasteiger partial charge in [0, 0.05) is 38.0 Å². The van der Waals surface area contributed by atoms with Crippen LogP contribution < -0.4 is 15.7 Å². The molecule has 3 amide bonds. The zero-order valence-corrected chi connectivity index (χ0v) is 15.0. The Kier molecular flexibility index (Phi) is 8.63. The van der Waals surface area contributed by atoms with Crippen molar-refractivity contribution in [2.75, 3.05) is 18.5 Å². The number of benzene rings is 1. The zero-order valence-electron chi connectivity index (χ0n) is 15.0. The van der Waals surface area contributed by atoms with E-state index in [0.717, 1.165) is 5.69 Å². The van der Waals surface area contributed by atoms with Crippen molar-refractivity contribution >= 4 is 23.4 Å². The normalized spacial score (nSPS) is 11.7. The second kappa shape index (κ2) is 10.5. The van der Waals surface area contributed by atoms with Gasteiger partial charge in [0.25, 0.3) is 0 Å². The van der Waals surface area contributed by atoms with Crippen LogP contribution in [0.4, 0.5) is 5.69 Å². The van der Waals surface area contributed by atoms with E-state index >= 15 is 0 Å². The van der Waals surface area contributed by atoms with E-state index in [9.17, 15) is 14.4 Å². The van der Waals surface area contributed by atoms with E-state index < -0.39 is 11.8 Å². The second-order valence-corrected chi connectivity index (χ2v) is 6.39. The summed E-state index contributed by atoms with van der Waals surface area (Å²) >= 11 is 0. The molecule has 0 bridgehead atoms. The SMILES string of the molecule is CC(C)C[C@H](CC(=O)NO)C(=O)NCCC(=O)N(C)c1ccccc1. The molecule has 0 saturated carbocycles. The summed E-state index contributed by atoms with van der Waals surface area (Å²) < 4.78 is 0. The Morgan fingerprint density at radius 3 is 2.36 bits per heavy atom. The fraction of sp³-hybridized carbons (Fsp3) is 0.500. The molecule has 0 aliphatic carbocycles. The number of nitrogens with one attached hydrogen (secondary N) is 2. The number of rotatable bonds is 9. The summed E-state index contributed by atoms with van der Waals surface area (Å²) in [5, 5.41) is 11.3. The average molecular weight is 349 g/mol. The molecule has 3 N–H and O–H groups in total. The van der Waals surface area contributed by atoms with E-state index in [4.69, 9.17) is 5.21 Å². The van der Waals surface area contributed by atoms with Gasteiger partial charge in [-0.25, -0.2) is 5.48 Å². The number of nitrogens with zero attached hydrogens (tertiary/aromatic N) is 1. The molecular weight excluding hydrogens is 322 g/mol. The molecule has 0 aliphatic rings. The van der Waals surface area contributed by atoms with Crippen LogP contribution in [0.5, 0.6) is 0 Å². The molecule has 7 nitrogen and oxygen atoms in total. The summed E-state index contributed by atoms with van der Waals surface area (Å²) in [5.41, 5.74) is 2.34. The van der Waals surface area contributed by atoms with Crippen molar-refractivity contribution in [3.8, 4) is 0 Å². The van der Waals surface area contributed by atoms with Crippen LogP contribution in [0.3, 0.4) is 0 Å². The van der Waals surface area contributed by atoms with Gasteiger partial charge in [-0.05, 0) is 24.5 Å². The third-order valence-electron chi connectivity index (χ3n) is 3.84. The van der Waals surface area contributed by atoms with Crippen LogP contribution in [-0.2, 0) is 14.4 Å². The Morgan fingerprint density at radius 2 is 1.80 bits per heavy atom. The smallest absolute Gasteiger partial charge is 0.244 e. The summed E-state index contributed by atoms with van der Waals surface area (Å²) in [6.45, 7) is 4.11. The predicted molar refractivity (Wildman–Crippen MR) is 95.0 cm³/mol. The van der Waals surface area contributed by atoms with Gasteiger partial charge in [-0.3, -0.25) is 19.6 Å². The molecule has 25 heavy (non-hydrogen) atoms.